The summed E-state index contributed by atoms with van der Waals surface area (Å²) < 4.78 is 13.7. The number of pyridine rings is 1. The number of carbonyl (C=O) groups is 1. The van der Waals surface area contributed by atoms with Gasteiger partial charge in [-0.1, -0.05) is 36.4 Å². The van der Waals surface area contributed by atoms with Crippen LogP contribution >= 0.6 is 0 Å². The number of benzene rings is 2. The average Bonchev–Trinajstić information content (AvgIpc) is 2.70. The highest BCUT2D eigenvalue weighted by atomic mass is 19.1. The van der Waals surface area contributed by atoms with E-state index in [1.807, 2.05) is 29.3 Å². The zero-order valence-electron chi connectivity index (χ0n) is 15.1. The highest BCUT2D eigenvalue weighted by Crippen LogP contribution is 2.16. The van der Waals surface area contributed by atoms with Crippen LogP contribution in [0.1, 0.15) is 11.1 Å². The van der Waals surface area contributed by atoms with Crippen molar-refractivity contribution in [2.75, 3.05) is 26.2 Å². The summed E-state index contributed by atoms with van der Waals surface area (Å²) in [5.74, 6) is -0.319. The van der Waals surface area contributed by atoms with Gasteiger partial charge in [0.1, 0.15) is 5.82 Å². The lowest BCUT2D eigenvalue weighted by Crippen LogP contribution is -2.48. The SMILES string of the molecule is O=C(Cc1ccccc1F)N1CCN(Cc2cnc3ccccc3c2)CC1. The molecule has 2 aromatic carbocycles. The van der Waals surface area contributed by atoms with Gasteiger partial charge in [-0.3, -0.25) is 14.7 Å². The predicted octanol–water partition coefficient (Wildman–Crippen LogP) is 3.26. The fourth-order valence-corrected chi connectivity index (χ4v) is 3.53. The molecule has 4 nitrogen and oxygen atoms in total. The summed E-state index contributed by atoms with van der Waals surface area (Å²) in [6.45, 7) is 3.81. The molecule has 1 fully saturated rings. The molecule has 0 N–H and O–H groups in total. The van der Waals surface area contributed by atoms with Crippen molar-refractivity contribution in [1.29, 1.82) is 0 Å². The molecule has 0 radical (unpaired) electrons. The van der Waals surface area contributed by atoms with Gasteiger partial charge in [-0.2, -0.15) is 0 Å². The van der Waals surface area contributed by atoms with E-state index in [2.05, 4.69) is 22.0 Å². The third-order valence-corrected chi connectivity index (χ3v) is 5.08. The lowest BCUT2D eigenvalue weighted by atomic mass is 10.1. The van der Waals surface area contributed by atoms with Crippen molar-refractivity contribution >= 4 is 16.8 Å². The van der Waals surface area contributed by atoms with Gasteiger partial charge in [0.2, 0.25) is 5.91 Å². The molecule has 0 bridgehead atoms. The van der Waals surface area contributed by atoms with Crippen LogP contribution in [0.3, 0.4) is 0 Å². The monoisotopic (exact) mass is 363 g/mol. The van der Waals surface area contributed by atoms with Gasteiger partial charge in [-0.05, 0) is 29.3 Å². The summed E-state index contributed by atoms with van der Waals surface area (Å²) in [5.41, 5.74) is 2.65. The first-order valence-corrected chi connectivity index (χ1v) is 9.26. The smallest absolute Gasteiger partial charge is 0.227 e. The number of hydrogen-bond acceptors (Lipinski definition) is 3. The maximum absolute atomic E-state index is 13.7. The van der Waals surface area contributed by atoms with E-state index in [0.29, 0.717) is 18.7 Å². The number of aromatic nitrogens is 1. The number of halogens is 1. The highest BCUT2D eigenvalue weighted by Gasteiger charge is 2.22. The minimum absolute atomic E-state index is 0.00729. The van der Waals surface area contributed by atoms with Gasteiger partial charge in [0, 0.05) is 44.3 Å². The van der Waals surface area contributed by atoms with Crippen LogP contribution in [0.2, 0.25) is 0 Å². The molecular formula is C22H22FN3O. The van der Waals surface area contributed by atoms with Crippen LogP contribution in [0.25, 0.3) is 10.9 Å². The maximum Gasteiger partial charge on any atom is 0.227 e. The molecule has 0 saturated carbocycles. The Labute approximate surface area is 158 Å². The van der Waals surface area contributed by atoms with E-state index in [9.17, 15) is 9.18 Å². The van der Waals surface area contributed by atoms with Crippen molar-refractivity contribution in [1.82, 2.24) is 14.8 Å². The van der Waals surface area contributed by atoms with Gasteiger partial charge in [0.05, 0.1) is 11.9 Å². The Hall–Kier alpha value is -2.79. The number of para-hydroxylation sites is 1. The quantitative estimate of drug-likeness (QED) is 0.714. The van der Waals surface area contributed by atoms with Crippen molar-refractivity contribution < 1.29 is 9.18 Å². The number of fused-ring (bicyclic) bond motifs is 1. The summed E-state index contributed by atoms with van der Waals surface area (Å²) in [4.78, 5) is 21.1. The van der Waals surface area contributed by atoms with Crippen LogP contribution in [0, 0.1) is 5.82 Å². The van der Waals surface area contributed by atoms with E-state index < -0.39 is 0 Å². The molecule has 0 unspecified atom stereocenters. The Morgan fingerprint density at radius 2 is 1.74 bits per heavy atom. The van der Waals surface area contributed by atoms with Crippen molar-refractivity contribution in [3.63, 3.8) is 0 Å². The Kier molecular flexibility index (Phi) is 5.12. The van der Waals surface area contributed by atoms with Crippen molar-refractivity contribution in [2.24, 2.45) is 0 Å². The normalized spacial score (nSPS) is 15.2. The Morgan fingerprint density at radius 1 is 1.00 bits per heavy atom. The molecule has 0 atom stereocenters. The first-order valence-electron chi connectivity index (χ1n) is 9.26. The minimum atomic E-state index is -0.312. The molecule has 2 heterocycles. The second kappa shape index (κ2) is 7.84. The van der Waals surface area contributed by atoms with Crippen molar-refractivity contribution in [2.45, 2.75) is 13.0 Å². The standard InChI is InChI=1S/C22H22FN3O/c23-20-7-3-1-5-18(20)14-22(27)26-11-9-25(10-12-26)16-17-13-19-6-2-4-8-21(19)24-15-17/h1-8,13,15H,9-12,14,16H2. The summed E-state index contributed by atoms with van der Waals surface area (Å²) >= 11 is 0. The van der Waals surface area contributed by atoms with Gasteiger partial charge in [0.25, 0.3) is 0 Å². The average molecular weight is 363 g/mol. The summed E-state index contributed by atoms with van der Waals surface area (Å²) in [7, 11) is 0. The van der Waals surface area contributed by atoms with Gasteiger partial charge >= 0.3 is 0 Å². The molecule has 1 aliphatic heterocycles. The van der Waals surface area contributed by atoms with Gasteiger partial charge < -0.3 is 4.90 Å². The Balaban J connectivity index is 1.33. The van der Waals surface area contributed by atoms with Crippen LogP contribution in [-0.4, -0.2) is 46.9 Å². The number of piperazine rings is 1. The number of nitrogens with zero attached hydrogens (tertiary/aromatic N) is 3. The summed E-state index contributed by atoms with van der Waals surface area (Å²) in [6.07, 6.45) is 2.05. The predicted molar refractivity (Wildman–Crippen MR) is 104 cm³/mol. The van der Waals surface area contributed by atoms with Crippen LogP contribution in [0.15, 0.2) is 60.8 Å². The van der Waals surface area contributed by atoms with Crippen molar-refractivity contribution in [3.05, 3.63) is 77.7 Å². The Bertz CT molecular complexity index is 951. The van der Waals surface area contributed by atoms with Crippen LogP contribution in [0.5, 0.6) is 0 Å². The summed E-state index contributed by atoms with van der Waals surface area (Å²) in [6, 6.07) is 16.8. The van der Waals surface area contributed by atoms with E-state index in [4.69, 9.17) is 0 Å². The third kappa shape index (κ3) is 4.14. The lowest BCUT2D eigenvalue weighted by molar-refractivity contribution is -0.132. The second-order valence-corrected chi connectivity index (χ2v) is 6.96. The molecule has 1 aliphatic rings. The van der Waals surface area contributed by atoms with Crippen LogP contribution in [-0.2, 0) is 17.8 Å². The molecular weight excluding hydrogens is 341 g/mol. The molecule has 4 rings (SSSR count). The molecule has 1 aromatic heterocycles. The number of amides is 1. The number of carbonyl (C=O) groups excluding carboxylic acids is 1. The molecule has 5 heteroatoms. The largest absolute Gasteiger partial charge is 0.340 e. The summed E-state index contributed by atoms with van der Waals surface area (Å²) in [5, 5.41) is 1.15. The van der Waals surface area contributed by atoms with Gasteiger partial charge in [-0.15, -0.1) is 0 Å². The zero-order chi connectivity index (χ0) is 18.6. The Morgan fingerprint density at radius 3 is 2.56 bits per heavy atom. The molecule has 1 saturated heterocycles. The first kappa shape index (κ1) is 17.6. The van der Waals surface area contributed by atoms with Gasteiger partial charge in [-0.25, -0.2) is 4.39 Å². The topological polar surface area (TPSA) is 36.4 Å². The minimum Gasteiger partial charge on any atom is -0.340 e. The van der Waals surface area contributed by atoms with E-state index in [-0.39, 0.29) is 18.1 Å². The molecule has 0 aliphatic carbocycles. The highest BCUT2D eigenvalue weighted by molar-refractivity contribution is 5.79. The molecule has 138 valence electrons. The fraction of sp³-hybridized carbons (Fsp3) is 0.273. The second-order valence-electron chi connectivity index (χ2n) is 6.96. The molecule has 27 heavy (non-hydrogen) atoms. The van der Waals surface area contributed by atoms with Crippen molar-refractivity contribution in [3.8, 4) is 0 Å². The van der Waals surface area contributed by atoms with E-state index in [1.165, 1.54) is 11.6 Å². The number of rotatable bonds is 4. The number of hydrogen-bond donors (Lipinski definition) is 0. The molecule has 3 aromatic rings. The third-order valence-electron chi connectivity index (χ3n) is 5.08. The first-order chi connectivity index (χ1) is 13.2. The van der Waals surface area contributed by atoms with E-state index >= 15 is 0 Å². The van der Waals surface area contributed by atoms with E-state index in [1.54, 1.807) is 18.2 Å². The van der Waals surface area contributed by atoms with Gasteiger partial charge in [0.15, 0.2) is 0 Å². The van der Waals surface area contributed by atoms with Crippen LogP contribution < -0.4 is 0 Å². The fourth-order valence-electron chi connectivity index (χ4n) is 3.53. The van der Waals surface area contributed by atoms with Crippen LogP contribution in [0.4, 0.5) is 4.39 Å². The lowest BCUT2D eigenvalue weighted by Gasteiger charge is -2.34. The zero-order valence-corrected chi connectivity index (χ0v) is 15.1. The molecule has 1 amide bonds. The van der Waals surface area contributed by atoms with E-state index in [0.717, 1.165) is 30.5 Å². The molecule has 0 spiro atoms. The maximum atomic E-state index is 13.7.